The van der Waals surface area contributed by atoms with Crippen LogP contribution in [0.5, 0.6) is 0 Å². The molecule has 5 amide bonds. The Balaban J connectivity index is 1.39. The Bertz CT molecular complexity index is 1690. The van der Waals surface area contributed by atoms with E-state index < -0.39 is 66.3 Å². The molecule has 0 saturated carbocycles. The summed E-state index contributed by atoms with van der Waals surface area (Å²) in [7, 11) is 1.24. The molecule has 2 heterocycles. The lowest BCUT2D eigenvalue weighted by Crippen LogP contribution is -2.58. The number of amides is 5. The molecule has 2 aliphatic heterocycles. The Morgan fingerprint density at radius 3 is 2.21 bits per heavy atom. The van der Waals surface area contributed by atoms with Crippen LogP contribution in [0, 0.1) is 17.8 Å². The van der Waals surface area contributed by atoms with Crippen molar-refractivity contribution < 1.29 is 38.6 Å². The summed E-state index contributed by atoms with van der Waals surface area (Å²) in [6.07, 6.45) is 3.32. The predicted octanol–water partition coefficient (Wildman–Crippen LogP) is 2.80. The molecule has 0 spiro atoms. The molecule has 0 bridgehead atoms. The summed E-state index contributed by atoms with van der Waals surface area (Å²) in [4.78, 5) is 80.4. The van der Waals surface area contributed by atoms with Crippen LogP contribution in [0.3, 0.4) is 0 Å². The van der Waals surface area contributed by atoms with E-state index in [-0.39, 0.29) is 49.5 Å². The molecular formula is C43H60N6O8. The number of fused-ring (bicyclic) bond motifs is 1. The second-order valence-electron chi connectivity index (χ2n) is 15.5. The molecule has 0 radical (unpaired) electrons. The summed E-state index contributed by atoms with van der Waals surface area (Å²) < 4.78 is 4.95. The molecule has 1 saturated heterocycles. The molecule has 1 fully saturated rings. The van der Waals surface area contributed by atoms with Crippen molar-refractivity contribution in [3.8, 4) is 0 Å². The van der Waals surface area contributed by atoms with Gasteiger partial charge in [0.2, 0.25) is 29.5 Å². The number of hydrazine groups is 1. The Labute approximate surface area is 336 Å². The molecule has 5 N–H and O–H groups in total. The van der Waals surface area contributed by atoms with Gasteiger partial charge in [-0.2, -0.15) is 0 Å². The van der Waals surface area contributed by atoms with E-state index in [1.54, 1.807) is 19.1 Å². The number of hydrogen-bond acceptors (Lipinski definition) is 9. The van der Waals surface area contributed by atoms with Crippen LogP contribution in [-0.2, 0) is 46.5 Å². The first-order valence-electron chi connectivity index (χ1n) is 20.0. The molecule has 2 unspecified atom stereocenters. The molecule has 4 rings (SSSR count). The molecule has 7 atom stereocenters. The number of benzene rings is 2. The van der Waals surface area contributed by atoms with Crippen molar-refractivity contribution in [2.24, 2.45) is 17.8 Å². The molecule has 2 aromatic carbocycles. The van der Waals surface area contributed by atoms with E-state index in [4.69, 9.17) is 4.74 Å². The van der Waals surface area contributed by atoms with Crippen LogP contribution in [0.2, 0.25) is 0 Å². The number of aliphatic hydroxyl groups is 1. The number of carbonyl (C=O) groups is 6. The number of methoxy groups -OCH3 is 1. The van der Waals surface area contributed by atoms with Crippen LogP contribution in [0.25, 0.3) is 0 Å². The van der Waals surface area contributed by atoms with Gasteiger partial charge in [0.05, 0.1) is 50.6 Å². The second kappa shape index (κ2) is 22.0. The van der Waals surface area contributed by atoms with E-state index in [1.165, 1.54) is 17.1 Å². The Hall–Kier alpha value is -5.08. The van der Waals surface area contributed by atoms with Crippen LogP contribution >= 0.6 is 0 Å². The zero-order chi connectivity index (χ0) is 41.5. The molecule has 0 aliphatic carbocycles. The fourth-order valence-corrected chi connectivity index (χ4v) is 7.23. The maximum atomic E-state index is 13.9. The molecule has 57 heavy (non-hydrogen) atoms. The van der Waals surface area contributed by atoms with Crippen LogP contribution in [-0.4, -0.2) is 101 Å². The molecule has 0 aromatic heterocycles. The topological polar surface area (TPSA) is 186 Å². The number of carbonyl (C=O) groups excluding carboxylic acids is 6. The van der Waals surface area contributed by atoms with Gasteiger partial charge in [-0.1, -0.05) is 107 Å². The molecule has 2 aliphatic rings. The van der Waals surface area contributed by atoms with Crippen molar-refractivity contribution in [2.75, 3.05) is 20.2 Å². The third kappa shape index (κ3) is 13.2. The van der Waals surface area contributed by atoms with Gasteiger partial charge in [0.1, 0.15) is 12.1 Å². The zero-order valence-electron chi connectivity index (χ0n) is 33.8. The normalized spacial score (nSPS) is 19.4. The first-order chi connectivity index (χ1) is 27.3. The number of hydrogen-bond donors (Lipinski definition) is 5. The summed E-state index contributed by atoms with van der Waals surface area (Å²) in [6, 6.07) is 15.4. The van der Waals surface area contributed by atoms with Gasteiger partial charge >= 0.3 is 5.97 Å². The van der Waals surface area contributed by atoms with E-state index >= 15 is 0 Å². The van der Waals surface area contributed by atoms with Gasteiger partial charge in [0, 0.05) is 25.9 Å². The van der Waals surface area contributed by atoms with E-state index in [0.717, 1.165) is 11.1 Å². The highest BCUT2D eigenvalue weighted by atomic mass is 16.5. The summed E-state index contributed by atoms with van der Waals surface area (Å²) in [5.74, 6) is -3.42. The molecule has 14 nitrogen and oxygen atoms in total. The van der Waals surface area contributed by atoms with Gasteiger partial charge in [0.25, 0.3) is 0 Å². The lowest BCUT2D eigenvalue weighted by Gasteiger charge is -2.41. The standard InChI is InChI=1S/C43H60N6O8/c1-6-29(4)40(41(54)46-35(43(56)57-5)23-30-14-9-7-10-15-30)47-38(52)25-36(50)34(22-28(2)3)45-37(51)24-33-18-13-21-48-39(53)20-19-32(42(55)49(33)48)27-44-26-31-16-11-8-12-17-31/h7-18,28-29,32-36,40,44,50H,6,19-27H2,1-5H3,(H,45,51)(H,46,54)(H,47,52)/t29-,32?,33?,34+,35-,36+,40-/m0/s1. The maximum Gasteiger partial charge on any atom is 0.328 e. The van der Waals surface area contributed by atoms with E-state index in [0.29, 0.717) is 32.4 Å². The van der Waals surface area contributed by atoms with Crippen molar-refractivity contribution in [2.45, 2.75) is 109 Å². The lowest BCUT2D eigenvalue weighted by molar-refractivity contribution is -0.167. The number of ether oxygens (including phenoxy) is 1. The van der Waals surface area contributed by atoms with Crippen molar-refractivity contribution in [3.63, 3.8) is 0 Å². The predicted molar refractivity (Wildman–Crippen MR) is 214 cm³/mol. The van der Waals surface area contributed by atoms with E-state index in [1.807, 2.05) is 81.4 Å². The van der Waals surface area contributed by atoms with Crippen LogP contribution < -0.4 is 21.3 Å². The molecule has 310 valence electrons. The Kier molecular flexibility index (Phi) is 17.2. The lowest BCUT2D eigenvalue weighted by atomic mass is 9.95. The highest BCUT2D eigenvalue weighted by molar-refractivity contribution is 5.91. The van der Waals surface area contributed by atoms with E-state index in [9.17, 15) is 33.9 Å². The number of nitrogens with zero attached hydrogens (tertiary/aromatic N) is 2. The first-order valence-corrected chi connectivity index (χ1v) is 20.0. The van der Waals surface area contributed by atoms with Crippen molar-refractivity contribution in [1.82, 2.24) is 31.3 Å². The third-order valence-electron chi connectivity index (χ3n) is 10.6. The smallest absolute Gasteiger partial charge is 0.328 e. The largest absolute Gasteiger partial charge is 0.467 e. The Morgan fingerprint density at radius 1 is 0.912 bits per heavy atom. The van der Waals surface area contributed by atoms with Crippen molar-refractivity contribution in [3.05, 3.63) is 83.9 Å². The average Bonchev–Trinajstić information content (AvgIpc) is 3.31. The summed E-state index contributed by atoms with van der Waals surface area (Å²) >= 11 is 0. The summed E-state index contributed by atoms with van der Waals surface area (Å²) in [5.41, 5.74) is 1.89. The molecular weight excluding hydrogens is 729 g/mol. The monoisotopic (exact) mass is 788 g/mol. The zero-order valence-corrected chi connectivity index (χ0v) is 33.8. The number of esters is 1. The van der Waals surface area contributed by atoms with Gasteiger partial charge < -0.3 is 31.1 Å². The van der Waals surface area contributed by atoms with Crippen LogP contribution in [0.4, 0.5) is 0 Å². The van der Waals surface area contributed by atoms with Gasteiger partial charge in [-0.15, -0.1) is 0 Å². The highest BCUT2D eigenvalue weighted by Gasteiger charge is 2.41. The quantitative estimate of drug-likeness (QED) is 0.0994. The second-order valence-corrected chi connectivity index (χ2v) is 15.5. The number of aliphatic hydroxyl groups excluding tert-OH is 1. The van der Waals surface area contributed by atoms with Crippen LogP contribution in [0.1, 0.15) is 77.3 Å². The maximum absolute atomic E-state index is 13.9. The van der Waals surface area contributed by atoms with Gasteiger partial charge in [-0.3, -0.25) is 24.0 Å². The SMILES string of the molecule is CC[C@H](C)[C@H](NC(=O)C[C@@H](O)[C@@H](CC(C)C)NC(=O)CC1C=CCN2C(=O)CCC(CNCc3ccccc3)C(=O)N12)C(=O)N[C@@H](Cc1ccccc1)C(=O)OC. The van der Waals surface area contributed by atoms with Gasteiger partial charge in [0.15, 0.2) is 0 Å². The fraction of sp³-hybridized carbons (Fsp3) is 0.535. The van der Waals surface area contributed by atoms with Crippen molar-refractivity contribution in [1.29, 1.82) is 0 Å². The average molecular weight is 789 g/mol. The van der Waals surface area contributed by atoms with Crippen molar-refractivity contribution >= 4 is 35.5 Å². The number of rotatable bonds is 20. The Morgan fingerprint density at radius 2 is 1.58 bits per heavy atom. The molecule has 14 heteroatoms. The van der Waals surface area contributed by atoms with Gasteiger partial charge in [-0.05, 0) is 35.8 Å². The van der Waals surface area contributed by atoms with Crippen LogP contribution in [0.15, 0.2) is 72.8 Å². The molecule has 2 aromatic rings. The number of nitrogens with one attached hydrogen (secondary N) is 4. The first kappa shape index (κ1) is 44.6. The minimum absolute atomic E-state index is 0.0329. The van der Waals surface area contributed by atoms with E-state index in [2.05, 4.69) is 21.3 Å². The fourth-order valence-electron chi connectivity index (χ4n) is 7.23. The minimum atomic E-state index is -1.31. The third-order valence-corrected chi connectivity index (χ3v) is 10.6. The summed E-state index contributed by atoms with van der Waals surface area (Å²) in [6.45, 7) is 8.71. The van der Waals surface area contributed by atoms with Gasteiger partial charge in [-0.25, -0.2) is 14.8 Å². The minimum Gasteiger partial charge on any atom is -0.467 e. The highest BCUT2D eigenvalue weighted by Crippen LogP contribution is 2.26. The summed E-state index contributed by atoms with van der Waals surface area (Å²) in [5, 5.41) is 25.9.